The molecule has 0 saturated carbocycles. The lowest BCUT2D eigenvalue weighted by Crippen LogP contribution is -2.36. The molecule has 0 fully saturated rings. The van der Waals surface area contributed by atoms with Crippen LogP contribution in [0.4, 0.5) is 0 Å². The normalized spacial score (nSPS) is 11.3. The molecule has 0 aliphatic rings. The average molecular weight is 391 g/mol. The molecule has 0 atom stereocenters. The first kappa shape index (κ1) is 21.0. The van der Waals surface area contributed by atoms with E-state index in [1.54, 1.807) is 17.9 Å². The highest BCUT2D eigenvalue weighted by molar-refractivity contribution is 7.71. The van der Waals surface area contributed by atoms with Crippen molar-refractivity contribution >= 4 is 23.4 Å². The van der Waals surface area contributed by atoms with E-state index in [-0.39, 0.29) is 12.3 Å². The summed E-state index contributed by atoms with van der Waals surface area (Å²) in [6.45, 7) is 1.69. The summed E-state index contributed by atoms with van der Waals surface area (Å²) in [5.41, 5.74) is 2.41. The van der Waals surface area contributed by atoms with Crippen LogP contribution >= 0.6 is 12.2 Å². The van der Waals surface area contributed by atoms with Crippen LogP contribution in [-0.4, -0.2) is 63.0 Å². The number of quaternary nitrogens is 1. The molecule has 7 nitrogen and oxygen atoms in total. The van der Waals surface area contributed by atoms with Gasteiger partial charge in [0.05, 0.1) is 34.1 Å². The number of aryl methyl sites for hydroxylation is 2. The van der Waals surface area contributed by atoms with Crippen LogP contribution in [-0.2, 0) is 20.0 Å². The summed E-state index contributed by atoms with van der Waals surface area (Å²) in [4.78, 5) is 19.5. The van der Waals surface area contributed by atoms with Gasteiger partial charge in [-0.3, -0.25) is 9.13 Å². The fourth-order valence-electron chi connectivity index (χ4n) is 2.56. The number of hydrogen-bond acceptors (Lipinski definition) is 4. The van der Waals surface area contributed by atoms with Gasteiger partial charge in [0.25, 0.3) is 0 Å². The molecule has 2 aromatic heterocycles. The highest BCUT2D eigenvalue weighted by atomic mass is 32.1. The van der Waals surface area contributed by atoms with Crippen molar-refractivity contribution in [2.24, 2.45) is 7.05 Å². The van der Waals surface area contributed by atoms with Gasteiger partial charge in [-0.25, -0.2) is 9.78 Å². The number of hydrogen-bond donors (Lipinski definition) is 2. The van der Waals surface area contributed by atoms with Gasteiger partial charge in [-0.05, 0) is 12.0 Å². The second-order valence-electron chi connectivity index (χ2n) is 7.37. The summed E-state index contributed by atoms with van der Waals surface area (Å²) in [7, 11) is 7.84. The Bertz CT molecular complexity index is 983. The standard InChI is InChI=1S/C14H14N4OS.C5H14NO/c1-17-13(20)11-12(16-9-15-11)18(14(17)19)8-7-10-5-3-2-4-6-10;1-6(2,3)4-5-7/h2-6,9H,7-8H2,1H3,(H,15,16);7H,4-5H2,1-3H3/q;+1. The van der Waals surface area contributed by atoms with E-state index in [0.717, 1.165) is 23.0 Å². The number of nitrogens with one attached hydrogen (secondary N) is 1. The highest BCUT2D eigenvalue weighted by Crippen LogP contribution is 2.09. The Kier molecular flexibility index (Phi) is 7.06. The van der Waals surface area contributed by atoms with Crippen molar-refractivity contribution in [3.05, 3.63) is 57.3 Å². The van der Waals surface area contributed by atoms with Crippen molar-refractivity contribution in [3.8, 4) is 0 Å². The third kappa shape index (κ3) is 5.59. The summed E-state index contributed by atoms with van der Waals surface area (Å²) in [6.07, 6.45) is 2.35. The summed E-state index contributed by atoms with van der Waals surface area (Å²) in [5, 5.41) is 8.39. The minimum absolute atomic E-state index is 0.134. The first-order valence-electron chi connectivity index (χ1n) is 8.82. The molecule has 0 bridgehead atoms. The predicted molar refractivity (Wildman–Crippen MR) is 110 cm³/mol. The lowest BCUT2D eigenvalue weighted by molar-refractivity contribution is -0.870. The zero-order chi connectivity index (χ0) is 20.0. The fourth-order valence-corrected chi connectivity index (χ4v) is 2.79. The molecule has 0 saturated heterocycles. The van der Waals surface area contributed by atoms with Gasteiger partial charge in [-0.1, -0.05) is 42.5 Å². The molecule has 3 rings (SSSR count). The zero-order valence-corrected chi connectivity index (χ0v) is 17.2. The number of fused-ring (bicyclic) bond motifs is 1. The van der Waals surface area contributed by atoms with Crippen LogP contribution in [0.2, 0.25) is 0 Å². The maximum absolute atomic E-state index is 12.3. The number of imidazole rings is 1. The number of benzene rings is 1. The van der Waals surface area contributed by atoms with Crippen LogP contribution in [0.5, 0.6) is 0 Å². The molecular weight excluding hydrogens is 362 g/mol. The number of rotatable bonds is 5. The van der Waals surface area contributed by atoms with E-state index in [1.165, 1.54) is 10.1 Å². The molecule has 8 heteroatoms. The molecule has 146 valence electrons. The topological polar surface area (TPSA) is 75.8 Å². The number of aliphatic hydroxyl groups excluding tert-OH is 1. The minimum Gasteiger partial charge on any atom is -0.391 e. The third-order valence-corrected chi connectivity index (χ3v) is 4.63. The van der Waals surface area contributed by atoms with E-state index in [1.807, 2.05) is 30.3 Å². The molecule has 0 aliphatic carbocycles. The van der Waals surface area contributed by atoms with Crippen LogP contribution in [0.1, 0.15) is 5.56 Å². The quantitative estimate of drug-likeness (QED) is 0.514. The number of aromatic nitrogens is 4. The highest BCUT2D eigenvalue weighted by Gasteiger charge is 2.10. The molecule has 0 aliphatic heterocycles. The van der Waals surface area contributed by atoms with Crippen molar-refractivity contribution in [2.75, 3.05) is 34.3 Å². The van der Waals surface area contributed by atoms with Crippen molar-refractivity contribution in [2.45, 2.75) is 13.0 Å². The van der Waals surface area contributed by atoms with Gasteiger partial charge >= 0.3 is 5.69 Å². The summed E-state index contributed by atoms with van der Waals surface area (Å²) in [6, 6.07) is 10.1. The van der Waals surface area contributed by atoms with Gasteiger partial charge in [-0.2, -0.15) is 0 Å². The summed E-state index contributed by atoms with van der Waals surface area (Å²) in [5.74, 6) is 0. The van der Waals surface area contributed by atoms with Gasteiger partial charge in [0.1, 0.15) is 16.7 Å². The Morgan fingerprint density at radius 3 is 2.44 bits per heavy atom. The molecule has 2 heterocycles. The predicted octanol–water partition coefficient (Wildman–Crippen LogP) is 1.72. The first-order chi connectivity index (χ1) is 12.7. The number of aromatic amines is 1. The van der Waals surface area contributed by atoms with Gasteiger partial charge in [0, 0.05) is 13.6 Å². The van der Waals surface area contributed by atoms with Gasteiger partial charge < -0.3 is 14.6 Å². The van der Waals surface area contributed by atoms with Gasteiger partial charge in [-0.15, -0.1) is 0 Å². The Balaban J connectivity index is 0.000000321. The van der Waals surface area contributed by atoms with Crippen molar-refractivity contribution in [1.29, 1.82) is 0 Å². The Morgan fingerprint density at radius 1 is 1.22 bits per heavy atom. The van der Waals surface area contributed by atoms with Crippen LogP contribution in [0.15, 0.2) is 41.5 Å². The monoisotopic (exact) mass is 390 g/mol. The summed E-state index contributed by atoms with van der Waals surface area (Å²) >= 11 is 5.25. The van der Waals surface area contributed by atoms with Gasteiger partial charge in [0.15, 0.2) is 5.65 Å². The molecule has 1 aromatic carbocycles. The van der Waals surface area contributed by atoms with E-state index in [4.69, 9.17) is 17.3 Å². The largest absolute Gasteiger partial charge is 0.391 e. The van der Waals surface area contributed by atoms with Crippen LogP contribution in [0.3, 0.4) is 0 Å². The molecule has 0 amide bonds. The summed E-state index contributed by atoms with van der Waals surface area (Å²) < 4.78 is 4.46. The minimum atomic E-state index is -0.134. The van der Waals surface area contributed by atoms with E-state index >= 15 is 0 Å². The number of aliphatic hydroxyl groups is 1. The Hall–Kier alpha value is -2.29. The molecule has 3 aromatic rings. The van der Waals surface area contributed by atoms with Crippen molar-refractivity contribution in [1.82, 2.24) is 19.1 Å². The maximum Gasteiger partial charge on any atom is 0.330 e. The van der Waals surface area contributed by atoms with Gasteiger partial charge in [0.2, 0.25) is 0 Å². The van der Waals surface area contributed by atoms with Crippen LogP contribution in [0.25, 0.3) is 11.2 Å². The molecule has 0 spiro atoms. The smallest absolute Gasteiger partial charge is 0.330 e. The number of likely N-dealkylation sites (N-methyl/N-ethyl adjacent to an activating group) is 1. The zero-order valence-electron chi connectivity index (χ0n) is 16.3. The molecule has 0 unspecified atom stereocenters. The molecule has 2 N–H and O–H groups in total. The molecular formula is C19H28N5O2S+. The molecule has 0 radical (unpaired) electrons. The third-order valence-electron chi connectivity index (χ3n) is 4.15. The molecule has 27 heavy (non-hydrogen) atoms. The van der Waals surface area contributed by atoms with Crippen molar-refractivity contribution in [3.63, 3.8) is 0 Å². The Morgan fingerprint density at radius 2 is 1.89 bits per heavy atom. The lowest BCUT2D eigenvalue weighted by atomic mass is 10.1. The SMILES string of the molecule is C[N+](C)(C)CCO.Cn1c(=S)c2[nH]cnc2n(CCc2ccccc2)c1=O. The average Bonchev–Trinajstić information content (AvgIpc) is 3.10. The Labute approximate surface area is 164 Å². The van der Waals surface area contributed by atoms with Crippen LogP contribution in [0, 0.1) is 4.64 Å². The lowest BCUT2D eigenvalue weighted by Gasteiger charge is -2.21. The van der Waals surface area contributed by atoms with E-state index in [9.17, 15) is 4.79 Å². The van der Waals surface area contributed by atoms with Crippen LogP contribution < -0.4 is 5.69 Å². The van der Waals surface area contributed by atoms with E-state index in [0.29, 0.717) is 16.8 Å². The second-order valence-corrected chi connectivity index (χ2v) is 7.76. The van der Waals surface area contributed by atoms with E-state index < -0.39 is 0 Å². The maximum atomic E-state index is 12.3. The second kappa shape index (κ2) is 9.07. The van der Waals surface area contributed by atoms with E-state index in [2.05, 4.69) is 31.1 Å². The number of nitrogens with zero attached hydrogens (tertiary/aromatic N) is 4. The fraction of sp³-hybridized carbons (Fsp3) is 0.421. The number of H-pyrrole nitrogens is 1. The first-order valence-corrected chi connectivity index (χ1v) is 9.23. The van der Waals surface area contributed by atoms with Crippen molar-refractivity contribution < 1.29 is 9.59 Å².